The van der Waals surface area contributed by atoms with Crippen LogP contribution in [0.2, 0.25) is 0 Å². The molecule has 0 aliphatic rings. The lowest BCUT2D eigenvalue weighted by molar-refractivity contribution is -0.386. The molecule has 1 aromatic heterocycles. The van der Waals surface area contributed by atoms with Crippen LogP contribution in [0, 0.1) is 24.0 Å². The molecule has 10 heteroatoms. The maximum absolute atomic E-state index is 11.4. The largest absolute Gasteiger partial charge is 0.480 e. The minimum absolute atomic E-state index is 0.0933. The van der Waals surface area contributed by atoms with E-state index in [0.717, 1.165) is 28.8 Å². The number of oxazole rings is 1. The summed E-state index contributed by atoms with van der Waals surface area (Å²) in [4.78, 5) is 14.4. The van der Waals surface area contributed by atoms with Crippen molar-refractivity contribution in [3.05, 3.63) is 69.6 Å². The van der Waals surface area contributed by atoms with Gasteiger partial charge in [-0.3, -0.25) is 10.1 Å². The molecule has 2 N–H and O–H groups in total. The van der Waals surface area contributed by atoms with Crippen LogP contribution in [0.1, 0.15) is 16.8 Å². The van der Waals surface area contributed by atoms with Gasteiger partial charge in [0.1, 0.15) is 18.6 Å². The van der Waals surface area contributed by atoms with Gasteiger partial charge in [-0.05, 0) is 37.6 Å². The Bertz CT molecular complexity index is 1150. The predicted molar refractivity (Wildman–Crippen MR) is 100 cm³/mol. The molecule has 0 saturated carbocycles. The molecule has 3 rings (SSSR count). The van der Waals surface area contributed by atoms with E-state index in [2.05, 4.69) is 4.98 Å². The predicted octanol–water partition coefficient (Wildman–Crippen LogP) is 3.09. The van der Waals surface area contributed by atoms with Crippen LogP contribution in [-0.4, -0.2) is 18.3 Å². The molecule has 0 saturated heterocycles. The van der Waals surface area contributed by atoms with Crippen molar-refractivity contribution in [3.63, 3.8) is 0 Å². The second-order valence-electron chi connectivity index (χ2n) is 6.18. The van der Waals surface area contributed by atoms with E-state index in [-0.39, 0.29) is 17.3 Å². The van der Waals surface area contributed by atoms with Crippen molar-refractivity contribution >= 4 is 15.7 Å². The van der Waals surface area contributed by atoms with Gasteiger partial charge in [-0.1, -0.05) is 17.7 Å². The normalized spacial score (nSPS) is 11.4. The second-order valence-corrected chi connectivity index (χ2v) is 7.74. The Labute approximate surface area is 161 Å². The Kier molecular flexibility index (Phi) is 5.16. The molecule has 0 amide bonds. The van der Waals surface area contributed by atoms with E-state index >= 15 is 0 Å². The first kappa shape index (κ1) is 19.5. The van der Waals surface area contributed by atoms with Crippen molar-refractivity contribution in [3.8, 4) is 17.2 Å². The minimum Gasteiger partial charge on any atom is -0.480 e. The average Bonchev–Trinajstić information content (AvgIpc) is 3.07. The maximum atomic E-state index is 11.4. The smallest absolute Gasteiger partial charge is 0.312 e. The first-order valence-corrected chi connectivity index (χ1v) is 9.66. The minimum atomic E-state index is -4.06. The standard InChI is InChI=1S/C18H17N3O6S/c1-11-3-5-15(12(2)7-11)18-20-13(10-27-18)9-26-17-6-4-14(28(19,24)25)8-16(17)21(22)23/h3-8,10H,9H2,1-2H3,(H2,19,24,25). The zero-order chi connectivity index (χ0) is 20.5. The second kappa shape index (κ2) is 7.41. The number of nitro groups is 1. The van der Waals surface area contributed by atoms with E-state index in [9.17, 15) is 18.5 Å². The van der Waals surface area contributed by atoms with E-state index in [1.165, 1.54) is 12.3 Å². The van der Waals surface area contributed by atoms with Crippen LogP contribution in [0.25, 0.3) is 11.5 Å². The van der Waals surface area contributed by atoms with Gasteiger partial charge in [0.2, 0.25) is 15.9 Å². The summed E-state index contributed by atoms with van der Waals surface area (Å²) in [6, 6.07) is 9.03. The Balaban J connectivity index is 1.81. The Morgan fingerprint density at radius 3 is 2.61 bits per heavy atom. The van der Waals surface area contributed by atoms with Crippen LogP contribution in [-0.2, 0) is 16.6 Å². The number of aryl methyl sites for hydroxylation is 2. The average molecular weight is 403 g/mol. The lowest BCUT2D eigenvalue weighted by Crippen LogP contribution is -2.12. The summed E-state index contributed by atoms with van der Waals surface area (Å²) >= 11 is 0. The number of hydrogen-bond donors (Lipinski definition) is 1. The first-order valence-electron chi connectivity index (χ1n) is 8.11. The summed E-state index contributed by atoms with van der Waals surface area (Å²) in [7, 11) is -4.06. The van der Waals surface area contributed by atoms with Crippen molar-refractivity contribution in [2.45, 2.75) is 25.3 Å². The van der Waals surface area contributed by atoms with Gasteiger partial charge in [-0.25, -0.2) is 18.5 Å². The number of rotatable bonds is 6. The molecule has 0 unspecified atom stereocenters. The molecule has 1 heterocycles. The Morgan fingerprint density at radius 2 is 1.96 bits per heavy atom. The monoisotopic (exact) mass is 403 g/mol. The van der Waals surface area contributed by atoms with Gasteiger partial charge in [-0.2, -0.15) is 0 Å². The fraction of sp³-hybridized carbons (Fsp3) is 0.167. The number of sulfonamides is 1. The highest BCUT2D eigenvalue weighted by atomic mass is 32.2. The summed E-state index contributed by atoms with van der Waals surface area (Å²) in [5.74, 6) is 0.309. The topological polar surface area (TPSA) is 139 Å². The van der Waals surface area contributed by atoms with E-state index in [4.69, 9.17) is 14.3 Å². The number of nitrogens with zero attached hydrogens (tertiary/aromatic N) is 2. The van der Waals surface area contributed by atoms with Crippen molar-refractivity contribution in [1.29, 1.82) is 0 Å². The molecule has 9 nitrogen and oxygen atoms in total. The molecular formula is C18H17N3O6S. The highest BCUT2D eigenvalue weighted by Crippen LogP contribution is 2.30. The number of hydrogen-bond acceptors (Lipinski definition) is 7. The van der Waals surface area contributed by atoms with Crippen LogP contribution < -0.4 is 9.88 Å². The molecule has 0 spiro atoms. The van der Waals surface area contributed by atoms with Crippen molar-refractivity contribution in [1.82, 2.24) is 4.98 Å². The van der Waals surface area contributed by atoms with E-state index in [1.54, 1.807) is 0 Å². The number of ether oxygens (including phenoxy) is 1. The van der Waals surface area contributed by atoms with Gasteiger partial charge in [0, 0.05) is 11.6 Å². The molecular weight excluding hydrogens is 386 g/mol. The fourth-order valence-electron chi connectivity index (χ4n) is 2.64. The lowest BCUT2D eigenvalue weighted by atomic mass is 10.1. The third kappa shape index (κ3) is 4.18. The van der Waals surface area contributed by atoms with Crippen molar-refractivity contribution in [2.75, 3.05) is 0 Å². The van der Waals surface area contributed by atoms with E-state index < -0.39 is 20.6 Å². The molecule has 28 heavy (non-hydrogen) atoms. The summed E-state index contributed by atoms with van der Waals surface area (Å²) in [5, 5.41) is 16.2. The van der Waals surface area contributed by atoms with Gasteiger partial charge >= 0.3 is 5.69 Å². The molecule has 0 aliphatic heterocycles. The number of nitrogens with two attached hydrogens (primary N) is 1. The fourth-order valence-corrected chi connectivity index (χ4v) is 3.17. The van der Waals surface area contributed by atoms with Gasteiger partial charge in [0.25, 0.3) is 0 Å². The van der Waals surface area contributed by atoms with Crippen LogP contribution in [0.3, 0.4) is 0 Å². The number of benzene rings is 2. The highest BCUT2D eigenvalue weighted by Gasteiger charge is 2.20. The highest BCUT2D eigenvalue weighted by molar-refractivity contribution is 7.89. The first-order chi connectivity index (χ1) is 13.1. The molecule has 0 bridgehead atoms. The van der Waals surface area contributed by atoms with Crippen molar-refractivity contribution in [2.24, 2.45) is 5.14 Å². The van der Waals surface area contributed by atoms with Crippen LogP contribution in [0.5, 0.6) is 5.75 Å². The Hall–Kier alpha value is -3.24. The van der Waals surface area contributed by atoms with E-state index in [1.807, 2.05) is 32.0 Å². The molecule has 0 fully saturated rings. The SMILES string of the molecule is Cc1ccc(-c2nc(COc3ccc(S(N)(=O)=O)cc3[N+](=O)[O-])co2)c(C)c1. The lowest BCUT2D eigenvalue weighted by Gasteiger charge is -2.06. The molecule has 3 aromatic rings. The number of primary sulfonamides is 1. The maximum Gasteiger partial charge on any atom is 0.312 e. The third-order valence-corrected chi connectivity index (χ3v) is 4.91. The molecule has 0 radical (unpaired) electrons. The van der Waals surface area contributed by atoms with Crippen LogP contribution in [0.15, 0.2) is 52.0 Å². The summed E-state index contributed by atoms with van der Waals surface area (Å²) in [6.45, 7) is 3.84. The molecule has 2 aromatic carbocycles. The quantitative estimate of drug-likeness (QED) is 0.493. The van der Waals surface area contributed by atoms with Crippen LogP contribution in [0.4, 0.5) is 5.69 Å². The zero-order valence-corrected chi connectivity index (χ0v) is 15.9. The third-order valence-electron chi connectivity index (χ3n) is 4.00. The molecule has 0 atom stereocenters. The number of nitro benzene ring substituents is 1. The number of aromatic nitrogens is 1. The van der Waals surface area contributed by atoms with E-state index in [0.29, 0.717) is 11.6 Å². The van der Waals surface area contributed by atoms with Gasteiger partial charge in [0.15, 0.2) is 5.75 Å². The summed E-state index contributed by atoms with van der Waals surface area (Å²) in [6.07, 6.45) is 1.40. The van der Waals surface area contributed by atoms with Gasteiger partial charge < -0.3 is 9.15 Å². The van der Waals surface area contributed by atoms with Crippen LogP contribution >= 0.6 is 0 Å². The summed E-state index contributed by atoms with van der Waals surface area (Å²) in [5.41, 5.74) is 2.87. The van der Waals surface area contributed by atoms with Gasteiger partial charge in [0.05, 0.1) is 9.82 Å². The molecule has 146 valence electrons. The van der Waals surface area contributed by atoms with Crippen molar-refractivity contribution < 1.29 is 22.5 Å². The summed E-state index contributed by atoms with van der Waals surface area (Å²) < 4.78 is 33.7. The molecule has 0 aliphatic carbocycles. The zero-order valence-electron chi connectivity index (χ0n) is 15.1. The van der Waals surface area contributed by atoms with Gasteiger partial charge in [-0.15, -0.1) is 0 Å². The Morgan fingerprint density at radius 1 is 1.21 bits per heavy atom.